The Morgan fingerprint density at radius 2 is 1.88 bits per heavy atom. The van der Waals surface area contributed by atoms with Gasteiger partial charge >= 0.3 is 0 Å². The molecule has 4 nitrogen and oxygen atoms in total. The number of nitrogens with one attached hydrogen (secondary N) is 1. The van der Waals surface area contributed by atoms with Crippen molar-refractivity contribution in [3.8, 4) is 0 Å². The maximum Gasteiger partial charge on any atom is 0.254 e. The van der Waals surface area contributed by atoms with E-state index < -0.39 is 0 Å². The number of hydrogen-bond acceptors (Lipinski definition) is 3. The lowest BCUT2D eigenvalue weighted by molar-refractivity contribution is 0.0936. The lowest BCUT2D eigenvalue weighted by atomic mass is 9.69. The lowest BCUT2D eigenvalue weighted by Crippen LogP contribution is -2.42. The predicted molar refractivity (Wildman–Crippen MR) is 97.3 cm³/mol. The van der Waals surface area contributed by atoms with Crippen molar-refractivity contribution in [1.29, 1.82) is 0 Å². The van der Waals surface area contributed by atoms with E-state index in [-0.39, 0.29) is 36.1 Å². The molecule has 1 aromatic carbocycles. The molecular weight excluding hydrogens is 343 g/mol. The fourth-order valence-electron chi connectivity index (χ4n) is 3.56. The summed E-state index contributed by atoms with van der Waals surface area (Å²) in [5.41, 5.74) is 6.97. The van der Waals surface area contributed by atoms with E-state index in [0.29, 0.717) is 17.9 Å². The van der Waals surface area contributed by atoms with Gasteiger partial charge in [0.25, 0.3) is 5.91 Å². The predicted octanol–water partition coefficient (Wildman–Crippen LogP) is 3.93. The van der Waals surface area contributed by atoms with Crippen molar-refractivity contribution in [3.05, 3.63) is 59.3 Å². The van der Waals surface area contributed by atoms with Gasteiger partial charge in [-0.15, -0.1) is 12.4 Å². The molecule has 1 aliphatic carbocycles. The minimum Gasteiger partial charge on any atom is -0.467 e. The van der Waals surface area contributed by atoms with Crippen molar-refractivity contribution < 1.29 is 13.6 Å². The van der Waals surface area contributed by atoms with Gasteiger partial charge in [-0.3, -0.25) is 4.79 Å². The van der Waals surface area contributed by atoms with Gasteiger partial charge in [0.15, 0.2) is 0 Å². The van der Waals surface area contributed by atoms with Crippen LogP contribution < -0.4 is 11.1 Å². The zero-order chi connectivity index (χ0) is 17.0. The second-order valence-electron chi connectivity index (χ2n) is 6.54. The fraction of sp³-hybridized carbons (Fsp3) is 0.421. The minimum absolute atomic E-state index is 0. The Kier molecular flexibility index (Phi) is 6.62. The van der Waals surface area contributed by atoms with Crippen molar-refractivity contribution in [2.75, 3.05) is 6.54 Å². The molecule has 1 saturated carbocycles. The summed E-state index contributed by atoms with van der Waals surface area (Å²) in [6.07, 6.45) is 6.88. The van der Waals surface area contributed by atoms with Gasteiger partial charge in [0.1, 0.15) is 17.8 Å². The van der Waals surface area contributed by atoms with Crippen LogP contribution in [0.3, 0.4) is 0 Å². The molecule has 1 fully saturated rings. The van der Waals surface area contributed by atoms with Crippen molar-refractivity contribution in [2.24, 2.45) is 5.73 Å². The maximum absolute atomic E-state index is 13.3. The molecule has 0 saturated heterocycles. The van der Waals surface area contributed by atoms with Gasteiger partial charge in [-0.25, -0.2) is 4.39 Å². The molecular formula is C19H24ClFN2O2. The largest absolute Gasteiger partial charge is 0.467 e. The van der Waals surface area contributed by atoms with Crippen molar-refractivity contribution in [1.82, 2.24) is 5.32 Å². The molecule has 0 unspecified atom stereocenters. The fourth-order valence-corrected chi connectivity index (χ4v) is 3.56. The summed E-state index contributed by atoms with van der Waals surface area (Å²) in [5, 5.41) is 3.03. The normalized spacial score (nSPS) is 16.1. The number of halogens is 2. The first-order chi connectivity index (χ1) is 11.6. The summed E-state index contributed by atoms with van der Waals surface area (Å²) in [6, 6.07) is 8.35. The molecule has 136 valence electrons. The number of carbonyl (C=O) groups is 1. The van der Waals surface area contributed by atoms with Crippen molar-refractivity contribution >= 4 is 18.3 Å². The van der Waals surface area contributed by atoms with Crippen LogP contribution in [-0.4, -0.2) is 12.5 Å². The van der Waals surface area contributed by atoms with Crippen LogP contribution in [0.1, 0.15) is 53.8 Å². The molecule has 1 aromatic heterocycles. The smallest absolute Gasteiger partial charge is 0.254 e. The highest BCUT2D eigenvalue weighted by Crippen LogP contribution is 2.39. The first-order valence-corrected chi connectivity index (χ1v) is 8.45. The summed E-state index contributed by atoms with van der Waals surface area (Å²) >= 11 is 0. The quantitative estimate of drug-likeness (QED) is 0.842. The molecule has 0 radical (unpaired) electrons. The number of nitrogens with two attached hydrogens (primary N) is 1. The maximum atomic E-state index is 13.3. The summed E-state index contributed by atoms with van der Waals surface area (Å²) < 4.78 is 18.5. The molecule has 25 heavy (non-hydrogen) atoms. The molecule has 3 N–H and O–H groups in total. The van der Waals surface area contributed by atoms with Gasteiger partial charge in [-0.2, -0.15) is 0 Å². The highest BCUT2D eigenvalue weighted by molar-refractivity contribution is 5.94. The molecule has 1 amide bonds. The van der Waals surface area contributed by atoms with Gasteiger partial charge in [-0.05, 0) is 36.6 Å². The number of hydrogen-bond donors (Lipinski definition) is 2. The molecule has 3 rings (SSSR count). The summed E-state index contributed by atoms with van der Waals surface area (Å²) in [6.45, 7) is 0.813. The van der Waals surface area contributed by atoms with E-state index in [1.807, 2.05) is 12.1 Å². The Morgan fingerprint density at radius 3 is 2.48 bits per heavy atom. The van der Waals surface area contributed by atoms with Crippen molar-refractivity contribution in [2.45, 2.75) is 44.1 Å². The molecule has 2 aromatic rings. The number of furan rings is 1. The van der Waals surface area contributed by atoms with Crippen LogP contribution in [0.5, 0.6) is 0 Å². The Labute approximate surface area is 153 Å². The van der Waals surface area contributed by atoms with E-state index in [9.17, 15) is 9.18 Å². The van der Waals surface area contributed by atoms with Gasteiger partial charge in [0.2, 0.25) is 0 Å². The highest BCUT2D eigenvalue weighted by Gasteiger charge is 2.34. The Hall–Kier alpha value is -1.85. The summed E-state index contributed by atoms with van der Waals surface area (Å²) in [5.74, 6) is 0.193. The Bertz CT molecular complexity index is 694. The summed E-state index contributed by atoms with van der Waals surface area (Å²) in [7, 11) is 0. The first-order valence-electron chi connectivity index (χ1n) is 8.45. The second kappa shape index (κ2) is 8.50. The Balaban J connectivity index is 0.00000225. The van der Waals surface area contributed by atoms with Crippen LogP contribution in [0.4, 0.5) is 4.39 Å². The number of carbonyl (C=O) groups excluding carboxylic acids is 1. The molecule has 6 heteroatoms. The van der Waals surface area contributed by atoms with Crippen LogP contribution in [0.15, 0.2) is 41.0 Å². The van der Waals surface area contributed by atoms with Gasteiger partial charge in [0.05, 0.1) is 12.1 Å². The third-order valence-electron chi connectivity index (χ3n) is 4.97. The van der Waals surface area contributed by atoms with E-state index in [1.165, 1.54) is 24.8 Å². The number of rotatable bonds is 5. The van der Waals surface area contributed by atoms with Gasteiger partial charge in [0, 0.05) is 12.0 Å². The molecule has 0 bridgehead atoms. The average Bonchev–Trinajstić information content (AvgIpc) is 3.10. The van der Waals surface area contributed by atoms with Crippen LogP contribution in [0, 0.1) is 5.82 Å². The molecule has 0 aliphatic heterocycles. The van der Waals surface area contributed by atoms with Gasteiger partial charge < -0.3 is 15.5 Å². The third kappa shape index (κ3) is 4.41. The lowest BCUT2D eigenvalue weighted by Gasteiger charge is -2.38. The second-order valence-corrected chi connectivity index (χ2v) is 6.54. The van der Waals surface area contributed by atoms with Crippen LogP contribution >= 0.6 is 12.4 Å². The minimum atomic E-state index is -0.235. The third-order valence-corrected chi connectivity index (χ3v) is 4.97. The van der Waals surface area contributed by atoms with E-state index >= 15 is 0 Å². The zero-order valence-electron chi connectivity index (χ0n) is 14.1. The monoisotopic (exact) mass is 366 g/mol. The van der Waals surface area contributed by atoms with Gasteiger partial charge in [-0.1, -0.05) is 31.4 Å². The topological polar surface area (TPSA) is 68.3 Å². The van der Waals surface area contributed by atoms with E-state index in [4.69, 9.17) is 10.2 Å². The van der Waals surface area contributed by atoms with Crippen molar-refractivity contribution in [3.63, 3.8) is 0 Å². The summed E-state index contributed by atoms with van der Waals surface area (Å²) in [4.78, 5) is 12.4. The van der Waals surface area contributed by atoms with E-state index in [0.717, 1.165) is 31.2 Å². The molecule has 1 heterocycles. The average molecular weight is 367 g/mol. The molecule has 0 spiro atoms. The zero-order valence-corrected chi connectivity index (χ0v) is 14.9. The first kappa shape index (κ1) is 19.5. The van der Waals surface area contributed by atoms with E-state index in [1.54, 1.807) is 6.07 Å². The molecule has 1 aliphatic rings. The SMILES string of the molecule is Cl.NCc1cc(C(=O)NCC2(c3ccc(F)cc3)CCCCC2)co1. The highest BCUT2D eigenvalue weighted by atomic mass is 35.5. The number of benzene rings is 1. The van der Waals surface area contributed by atoms with Crippen LogP contribution in [0.2, 0.25) is 0 Å². The van der Waals surface area contributed by atoms with Crippen LogP contribution in [-0.2, 0) is 12.0 Å². The standard InChI is InChI=1S/C19H23FN2O2.ClH/c20-16-6-4-15(5-7-16)19(8-2-1-3-9-19)13-22-18(23)14-10-17(11-21)24-12-14;/h4-7,10,12H,1-3,8-9,11,13,21H2,(H,22,23);1H. The van der Waals surface area contributed by atoms with E-state index in [2.05, 4.69) is 5.32 Å². The molecule has 0 atom stereocenters. The van der Waals surface area contributed by atoms with Crippen LogP contribution in [0.25, 0.3) is 0 Å². The Morgan fingerprint density at radius 1 is 1.20 bits per heavy atom. The number of amides is 1.